The maximum absolute atomic E-state index is 11.8. The fourth-order valence-corrected chi connectivity index (χ4v) is 2.34. The Morgan fingerprint density at radius 1 is 1.05 bits per heavy atom. The first-order chi connectivity index (χ1) is 10.7. The number of benzene rings is 2. The lowest BCUT2D eigenvalue weighted by molar-refractivity contribution is -0.141. The first kappa shape index (κ1) is 14.1. The Hall–Kier alpha value is -2.82. The van der Waals surface area contributed by atoms with Gasteiger partial charge in [0.1, 0.15) is 11.2 Å². The lowest BCUT2D eigenvalue weighted by Gasteiger charge is -2.04. The van der Waals surface area contributed by atoms with E-state index < -0.39 is 5.97 Å². The molecule has 0 saturated carbocycles. The van der Waals surface area contributed by atoms with E-state index in [1.54, 1.807) is 6.07 Å². The molecule has 1 heterocycles. The third-order valence-electron chi connectivity index (χ3n) is 3.45. The van der Waals surface area contributed by atoms with Crippen molar-refractivity contribution in [1.82, 2.24) is 0 Å². The summed E-state index contributed by atoms with van der Waals surface area (Å²) >= 11 is 0. The highest BCUT2D eigenvalue weighted by molar-refractivity contribution is 6.06. The van der Waals surface area contributed by atoms with Crippen LogP contribution in [0.2, 0.25) is 0 Å². The predicted molar refractivity (Wildman–Crippen MR) is 83.6 cm³/mol. The van der Waals surface area contributed by atoms with E-state index in [1.165, 1.54) is 7.11 Å². The van der Waals surface area contributed by atoms with Gasteiger partial charge in [-0.1, -0.05) is 18.2 Å². The van der Waals surface area contributed by atoms with Gasteiger partial charge < -0.3 is 14.5 Å². The standard InChI is InChI=1S/C17H15NO4/c1-21-17(20)9-8-16(19)18-11-6-7-13-12-4-2-3-5-14(12)22-15(13)10-11/h2-7,10H,8-9H2,1H3,(H,18,19). The number of esters is 1. The van der Waals surface area contributed by atoms with Gasteiger partial charge in [0.05, 0.1) is 13.5 Å². The molecule has 0 spiro atoms. The molecule has 1 N–H and O–H groups in total. The summed E-state index contributed by atoms with van der Waals surface area (Å²) in [4.78, 5) is 22.8. The van der Waals surface area contributed by atoms with Crippen molar-refractivity contribution in [2.24, 2.45) is 0 Å². The van der Waals surface area contributed by atoms with E-state index in [-0.39, 0.29) is 18.7 Å². The normalized spacial score (nSPS) is 10.8. The van der Waals surface area contributed by atoms with Crippen molar-refractivity contribution >= 4 is 39.5 Å². The van der Waals surface area contributed by atoms with Crippen LogP contribution in [0.5, 0.6) is 0 Å². The van der Waals surface area contributed by atoms with Crippen LogP contribution in [0.15, 0.2) is 46.9 Å². The van der Waals surface area contributed by atoms with E-state index in [1.807, 2.05) is 36.4 Å². The zero-order valence-corrected chi connectivity index (χ0v) is 12.1. The minimum absolute atomic E-state index is 0.0647. The van der Waals surface area contributed by atoms with Crippen LogP contribution in [-0.2, 0) is 14.3 Å². The number of methoxy groups -OCH3 is 1. The van der Waals surface area contributed by atoms with Gasteiger partial charge in [-0.2, -0.15) is 0 Å². The monoisotopic (exact) mass is 297 g/mol. The quantitative estimate of drug-likeness (QED) is 0.749. The SMILES string of the molecule is COC(=O)CCC(=O)Nc1ccc2c(c1)oc1ccccc12. The van der Waals surface area contributed by atoms with Crippen LogP contribution in [0.4, 0.5) is 5.69 Å². The van der Waals surface area contributed by atoms with E-state index in [4.69, 9.17) is 4.42 Å². The average Bonchev–Trinajstić information content (AvgIpc) is 2.90. The molecular formula is C17H15NO4. The predicted octanol–water partition coefficient (Wildman–Crippen LogP) is 3.48. The molecule has 0 bridgehead atoms. The van der Waals surface area contributed by atoms with Crippen LogP contribution in [-0.4, -0.2) is 19.0 Å². The number of para-hydroxylation sites is 1. The van der Waals surface area contributed by atoms with E-state index in [0.29, 0.717) is 11.3 Å². The minimum Gasteiger partial charge on any atom is -0.469 e. The summed E-state index contributed by atoms with van der Waals surface area (Å²) in [5.41, 5.74) is 2.17. The molecular weight excluding hydrogens is 282 g/mol. The number of hydrogen-bond acceptors (Lipinski definition) is 4. The van der Waals surface area contributed by atoms with Crippen molar-refractivity contribution in [3.8, 4) is 0 Å². The average molecular weight is 297 g/mol. The molecule has 1 amide bonds. The van der Waals surface area contributed by atoms with Crippen molar-refractivity contribution in [1.29, 1.82) is 0 Å². The van der Waals surface area contributed by atoms with Crippen LogP contribution in [0.1, 0.15) is 12.8 Å². The lowest BCUT2D eigenvalue weighted by Crippen LogP contribution is -2.13. The van der Waals surface area contributed by atoms with Crippen molar-refractivity contribution < 1.29 is 18.7 Å². The van der Waals surface area contributed by atoms with E-state index >= 15 is 0 Å². The van der Waals surface area contributed by atoms with Crippen LogP contribution >= 0.6 is 0 Å². The number of fused-ring (bicyclic) bond motifs is 3. The summed E-state index contributed by atoms with van der Waals surface area (Å²) < 4.78 is 10.3. The van der Waals surface area contributed by atoms with Crippen LogP contribution < -0.4 is 5.32 Å². The van der Waals surface area contributed by atoms with Gasteiger partial charge in [0.2, 0.25) is 5.91 Å². The second kappa shape index (κ2) is 5.89. The summed E-state index contributed by atoms with van der Waals surface area (Å²) in [5.74, 6) is -0.635. The van der Waals surface area contributed by atoms with Gasteiger partial charge in [-0.3, -0.25) is 9.59 Å². The third kappa shape index (κ3) is 2.79. The Kier molecular flexibility index (Phi) is 3.78. The number of nitrogens with one attached hydrogen (secondary N) is 1. The molecule has 0 atom stereocenters. The zero-order valence-electron chi connectivity index (χ0n) is 12.1. The number of ether oxygens (including phenoxy) is 1. The first-order valence-corrected chi connectivity index (χ1v) is 6.95. The molecule has 3 aromatic rings. The number of furan rings is 1. The number of hydrogen-bond donors (Lipinski definition) is 1. The van der Waals surface area contributed by atoms with Crippen molar-refractivity contribution in [3.63, 3.8) is 0 Å². The van der Waals surface area contributed by atoms with Crippen LogP contribution in [0, 0.1) is 0 Å². The molecule has 0 fully saturated rings. The summed E-state index contributed by atoms with van der Waals surface area (Å²) in [6.07, 6.45) is 0.153. The molecule has 5 nitrogen and oxygen atoms in total. The fourth-order valence-electron chi connectivity index (χ4n) is 2.34. The highest BCUT2D eigenvalue weighted by Gasteiger charge is 2.10. The van der Waals surface area contributed by atoms with Crippen LogP contribution in [0.3, 0.4) is 0 Å². The molecule has 0 aliphatic heterocycles. The number of carbonyl (C=O) groups is 2. The summed E-state index contributed by atoms with van der Waals surface area (Å²) in [6.45, 7) is 0. The Labute approximate surface area is 126 Å². The third-order valence-corrected chi connectivity index (χ3v) is 3.45. The molecule has 0 aliphatic carbocycles. The van der Waals surface area contributed by atoms with Gasteiger partial charge in [0.15, 0.2) is 0 Å². The number of carbonyl (C=O) groups excluding carboxylic acids is 2. The Balaban J connectivity index is 1.79. The zero-order chi connectivity index (χ0) is 15.5. The van der Waals surface area contributed by atoms with Gasteiger partial charge in [-0.15, -0.1) is 0 Å². The van der Waals surface area contributed by atoms with Gasteiger partial charge in [0, 0.05) is 28.9 Å². The Morgan fingerprint density at radius 3 is 2.64 bits per heavy atom. The Morgan fingerprint density at radius 2 is 1.82 bits per heavy atom. The molecule has 3 rings (SSSR count). The molecule has 22 heavy (non-hydrogen) atoms. The maximum Gasteiger partial charge on any atom is 0.306 e. The molecule has 0 aliphatic rings. The highest BCUT2D eigenvalue weighted by Crippen LogP contribution is 2.30. The lowest BCUT2D eigenvalue weighted by atomic mass is 10.1. The van der Waals surface area contributed by atoms with E-state index in [0.717, 1.165) is 16.4 Å². The van der Waals surface area contributed by atoms with Gasteiger partial charge in [-0.05, 0) is 18.2 Å². The first-order valence-electron chi connectivity index (χ1n) is 6.95. The summed E-state index contributed by atoms with van der Waals surface area (Å²) in [7, 11) is 1.30. The molecule has 2 aromatic carbocycles. The number of rotatable bonds is 4. The minimum atomic E-state index is -0.400. The smallest absolute Gasteiger partial charge is 0.306 e. The van der Waals surface area contributed by atoms with Crippen molar-refractivity contribution in [2.45, 2.75) is 12.8 Å². The molecule has 0 saturated heterocycles. The largest absolute Gasteiger partial charge is 0.469 e. The van der Waals surface area contributed by atoms with Crippen molar-refractivity contribution in [3.05, 3.63) is 42.5 Å². The van der Waals surface area contributed by atoms with Crippen molar-refractivity contribution in [2.75, 3.05) is 12.4 Å². The molecule has 112 valence electrons. The second-order valence-corrected chi connectivity index (χ2v) is 4.93. The second-order valence-electron chi connectivity index (χ2n) is 4.93. The fraction of sp³-hybridized carbons (Fsp3) is 0.176. The van der Waals surface area contributed by atoms with E-state index in [9.17, 15) is 9.59 Å². The molecule has 0 radical (unpaired) electrons. The number of amides is 1. The van der Waals surface area contributed by atoms with Crippen LogP contribution in [0.25, 0.3) is 21.9 Å². The molecule has 0 unspecified atom stereocenters. The molecule has 5 heteroatoms. The Bertz CT molecular complexity index is 850. The van der Waals surface area contributed by atoms with Gasteiger partial charge in [-0.25, -0.2) is 0 Å². The summed E-state index contributed by atoms with van der Waals surface area (Å²) in [5, 5.41) is 4.80. The number of anilines is 1. The van der Waals surface area contributed by atoms with E-state index in [2.05, 4.69) is 10.1 Å². The highest BCUT2D eigenvalue weighted by atomic mass is 16.5. The molecule has 1 aromatic heterocycles. The maximum atomic E-state index is 11.8. The summed E-state index contributed by atoms with van der Waals surface area (Å²) in [6, 6.07) is 13.3. The van der Waals surface area contributed by atoms with Gasteiger partial charge >= 0.3 is 5.97 Å². The topological polar surface area (TPSA) is 68.5 Å². The van der Waals surface area contributed by atoms with Gasteiger partial charge in [0.25, 0.3) is 0 Å².